The molecule has 1 aromatic rings. The molecule has 3 amide bonds. The Morgan fingerprint density at radius 2 is 1.16 bits per heavy atom. The number of aromatic nitrogens is 2. The molecule has 1 aromatic heterocycles. The highest BCUT2D eigenvalue weighted by Gasteiger charge is 2.43. The summed E-state index contributed by atoms with van der Waals surface area (Å²) in [4.78, 5) is 52.8. The number of unbranched alkanes of at least 4 members (excludes halogenated alkanes) is 26. The molecule has 0 radical (unpaired) electrons. The van der Waals surface area contributed by atoms with Gasteiger partial charge in [-0.05, 0) is 57.8 Å². The summed E-state index contributed by atoms with van der Waals surface area (Å²) in [6, 6.07) is -1.69. The number of likely N-dealkylation sites (tertiary alicyclic amines) is 1. The zero-order chi connectivity index (χ0) is 44.7. The highest BCUT2D eigenvalue weighted by Crippen LogP contribution is 2.24. The molecular weight excluding hydrogens is 769 g/mol. The maximum atomic E-state index is 14.6. The standard InChI is InChI=1S/C53H96N6O3/c1-4-7-10-13-16-19-22-23-24-25-26-27-30-33-36-39-51(60)57-48-43-50(59(45-48)52(61)49(54)42-47-44-55-46-56-47)53(62)58(40-37-34-31-28-20-17-14-11-8-5-2)41-38-35-32-29-21-18-15-12-9-6-3/h16,19,23-24,44,46,48-50H,4-15,17-18,20-22,25-43,45,54H2,1-3H3,(H,55,56)(H,57,60)/b19-16+,24-23+/t48-,49?,50-/m0/s1. The molecule has 0 spiro atoms. The van der Waals surface area contributed by atoms with Gasteiger partial charge in [-0.1, -0.05) is 193 Å². The molecule has 1 saturated heterocycles. The van der Waals surface area contributed by atoms with E-state index in [2.05, 4.69) is 60.4 Å². The van der Waals surface area contributed by atoms with Crippen LogP contribution in [-0.4, -0.2) is 75.2 Å². The third kappa shape index (κ3) is 27.3. The maximum Gasteiger partial charge on any atom is 0.245 e. The summed E-state index contributed by atoms with van der Waals surface area (Å²) in [6.07, 6.45) is 51.2. The third-order valence-corrected chi connectivity index (χ3v) is 12.8. The molecule has 1 aliphatic rings. The summed E-state index contributed by atoms with van der Waals surface area (Å²) >= 11 is 0. The smallest absolute Gasteiger partial charge is 0.245 e. The van der Waals surface area contributed by atoms with Gasteiger partial charge in [-0.2, -0.15) is 0 Å². The summed E-state index contributed by atoms with van der Waals surface area (Å²) in [7, 11) is 0. The first-order valence-electron chi connectivity index (χ1n) is 26.3. The topological polar surface area (TPSA) is 124 Å². The zero-order valence-corrected chi connectivity index (χ0v) is 40.5. The van der Waals surface area contributed by atoms with Gasteiger partial charge in [0.05, 0.1) is 12.4 Å². The Hall–Kier alpha value is -2.94. The summed E-state index contributed by atoms with van der Waals surface area (Å²) < 4.78 is 0. The molecular formula is C53H96N6O3. The van der Waals surface area contributed by atoms with E-state index in [1.165, 1.54) is 141 Å². The van der Waals surface area contributed by atoms with Crippen molar-refractivity contribution in [2.24, 2.45) is 5.73 Å². The Kier molecular flexibility index (Phi) is 34.3. The second-order valence-corrected chi connectivity index (χ2v) is 18.6. The first-order chi connectivity index (χ1) is 30.4. The second-order valence-electron chi connectivity index (χ2n) is 18.6. The van der Waals surface area contributed by atoms with E-state index in [0.29, 0.717) is 25.8 Å². The molecule has 3 atom stereocenters. The van der Waals surface area contributed by atoms with Gasteiger partial charge < -0.3 is 25.8 Å². The van der Waals surface area contributed by atoms with Gasteiger partial charge in [0.1, 0.15) is 6.04 Å². The predicted octanol–water partition coefficient (Wildman–Crippen LogP) is 12.8. The minimum atomic E-state index is -0.801. The van der Waals surface area contributed by atoms with Crippen molar-refractivity contribution < 1.29 is 14.4 Å². The van der Waals surface area contributed by atoms with Crippen molar-refractivity contribution in [1.82, 2.24) is 25.1 Å². The van der Waals surface area contributed by atoms with Gasteiger partial charge in [-0.3, -0.25) is 14.4 Å². The van der Waals surface area contributed by atoms with Crippen molar-refractivity contribution in [3.63, 3.8) is 0 Å². The van der Waals surface area contributed by atoms with Gasteiger partial charge in [0, 0.05) is 50.4 Å². The molecule has 0 bridgehead atoms. The second kappa shape index (κ2) is 38.5. The number of nitrogens with one attached hydrogen (secondary N) is 2. The molecule has 2 rings (SSSR count). The average Bonchev–Trinajstić information content (AvgIpc) is 3.95. The van der Waals surface area contributed by atoms with Gasteiger partial charge in [0.15, 0.2) is 0 Å². The van der Waals surface area contributed by atoms with Crippen LogP contribution >= 0.6 is 0 Å². The van der Waals surface area contributed by atoms with Gasteiger partial charge in [-0.15, -0.1) is 0 Å². The van der Waals surface area contributed by atoms with E-state index in [4.69, 9.17) is 5.73 Å². The minimum Gasteiger partial charge on any atom is -0.351 e. The van der Waals surface area contributed by atoms with Crippen LogP contribution in [0.2, 0.25) is 0 Å². The number of hydrogen-bond donors (Lipinski definition) is 3. The number of imidazole rings is 1. The lowest BCUT2D eigenvalue weighted by Crippen LogP contribution is -2.53. The Bertz CT molecular complexity index is 1260. The lowest BCUT2D eigenvalue weighted by molar-refractivity contribution is -0.144. The molecule has 62 heavy (non-hydrogen) atoms. The van der Waals surface area contributed by atoms with Crippen LogP contribution in [0.5, 0.6) is 0 Å². The van der Waals surface area contributed by atoms with Crippen molar-refractivity contribution in [3.05, 3.63) is 42.5 Å². The fraction of sp³-hybridized carbons (Fsp3) is 0.811. The minimum absolute atomic E-state index is 0.00974. The van der Waals surface area contributed by atoms with Crippen LogP contribution < -0.4 is 11.1 Å². The molecule has 356 valence electrons. The van der Waals surface area contributed by atoms with Crippen LogP contribution in [0.3, 0.4) is 0 Å². The van der Waals surface area contributed by atoms with Crippen molar-refractivity contribution >= 4 is 17.7 Å². The lowest BCUT2D eigenvalue weighted by atomic mass is 10.0. The van der Waals surface area contributed by atoms with Crippen LogP contribution in [-0.2, 0) is 20.8 Å². The number of H-pyrrole nitrogens is 1. The molecule has 1 fully saturated rings. The number of carbonyl (C=O) groups excluding carboxylic acids is 3. The number of amides is 3. The molecule has 1 aliphatic heterocycles. The van der Waals surface area contributed by atoms with E-state index in [1.807, 2.05) is 4.90 Å². The van der Waals surface area contributed by atoms with E-state index >= 15 is 0 Å². The number of aromatic amines is 1. The lowest BCUT2D eigenvalue weighted by Gasteiger charge is -2.31. The third-order valence-electron chi connectivity index (χ3n) is 12.8. The first kappa shape index (κ1) is 55.2. The quantitative estimate of drug-likeness (QED) is 0.0447. The highest BCUT2D eigenvalue weighted by atomic mass is 16.2. The van der Waals surface area contributed by atoms with E-state index in [-0.39, 0.29) is 23.8 Å². The average molecular weight is 865 g/mol. The Morgan fingerprint density at radius 3 is 1.68 bits per heavy atom. The Morgan fingerprint density at radius 1 is 0.694 bits per heavy atom. The highest BCUT2D eigenvalue weighted by molar-refractivity contribution is 5.91. The number of allylic oxidation sites excluding steroid dienone is 4. The maximum absolute atomic E-state index is 14.6. The van der Waals surface area contributed by atoms with Crippen LogP contribution in [0, 0.1) is 0 Å². The van der Waals surface area contributed by atoms with Gasteiger partial charge in [-0.25, -0.2) is 4.98 Å². The largest absolute Gasteiger partial charge is 0.351 e. The number of nitrogens with zero attached hydrogens (tertiary/aromatic N) is 3. The summed E-state index contributed by atoms with van der Waals surface area (Å²) in [5.74, 6) is -0.207. The molecule has 0 aliphatic carbocycles. The number of nitrogens with two attached hydrogens (primary N) is 1. The van der Waals surface area contributed by atoms with Crippen LogP contribution in [0.4, 0.5) is 0 Å². The molecule has 0 aromatic carbocycles. The summed E-state index contributed by atoms with van der Waals surface area (Å²) in [5, 5.41) is 3.22. The molecule has 1 unspecified atom stereocenters. The summed E-state index contributed by atoms with van der Waals surface area (Å²) in [6.45, 7) is 8.52. The van der Waals surface area contributed by atoms with Crippen molar-refractivity contribution in [2.75, 3.05) is 19.6 Å². The summed E-state index contributed by atoms with van der Waals surface area (Å²) in [5.41, 5.74) is 7.32. The Balaban J connectivity index is 1.93. The van der Waals surface area contributed by atoms with Gasteiger partial charge in [0.2, 0.25) is 17.7 Å². The van der Waals surface area contributed by atoms with Crippen LogP contribution in [0.1, 0.15) is 238 Å². The van der Waals surface area contributed by atoms with Gasteiger partial charge in [0.25, 0.3) is 0 Å². The normalized spacial score (nSPS) is 15.9. The van der Waals surface area contributed by atoms with Crippen molar-refractivity contribution in [2.45, 2.75) is 257 Å². The zero-order valence-electron chi connectivity index (χ0n) is 40.5. The molecule has 9 nitrogen and oxygen atoms in total. The molecule has 0 saturated carbocycles. The van der Waals surface area contributed by atoms with Gasteiger partial charge >= 0.3 is 0 Å². The first-order valence-corrected chi connectivity index (χ1v) is 26.3. The molecule has 9 heteroatoms. The van der Waals surface area contributed by atoms with Crippen molar-refractivity contribution in [1.29, 1.82) is 0 Å². The van der Waals surface area contributed by atoms with E-state index in [9.17, 15) is 14.4 Å². The molecule has 4 N–H and O–H groups in total. The fourth-order valence-corrected chi connectivity index (χ4v) is 8.87. The number of rotatable bonds is 41. The predicted molar refractivity (Wildman–Crippen MR) is 262 cm³/mol. The van der Waals surface area contributed by atoms with E-state index in [1.54, 1.807) is 17.4 Å². The van der Waals surface area contributed by atoms with E-state index in [0.717, 1.165) is 76.6 Å². The van der Waals surface area contributed by atoms with Crippen LogP contribution in [0.25, 0.3) is 0 Å². The Labute approximate surface area is 381 Å². The fourth-order valence-electron chi connectivity index (χ4n) is 8.87. The number of hydrogen-bond acceptors (Lipinski definition) is 5. The molecule has 2 heterocycles. The van der Waals surface area contributed by atoms with Crippen LogP contribution in [0.15, 0.2) is 36.8 Å². The van der Waals surface area contributed by atoms with E-state index < -0.39 is 12.1 Å². The monoisotopic (exact) mass is 865 g/mol. The van der Waals surface area contributed by atoms with Crippen molar-refractivity contribution in [3.8, 4) is 0 Å². The number of carbonyl (C=O) groups is 3. The SMILES string of the molecule is CCCCC/C=C/C/C=C/CCCCCCCC(=O)N[C@H]1C[C@@H](C(=O)N(CCCCCCCCCCCC)CCCCCCCCCCCC)N(C(=O)C(N)Cc2cnc[nH]2)C1.